The average molecular weight is 198 g/mol. The molecule has 0 amide bonds. The molecular formula is C8H14N4S. The minimum absolute atomic E-state index is 0.607. The van der Waals surface area contributed by atoms with Crippen LogP contribution in [-0.4, -0.2) is 39.3 Å². The van der Waals surface area contributed by atoms with Gasteiger partial charge in [-0.3, -0.25) is 4.90 Å². The predicted molar refractivity (Wildman–Crippen MR) is 52.7 cm³/mol. The molecule has 72 valence electrons. The molecule has 1 atom stereocenters. The van der Waals surface area contributed by atoms with Crippen LogP contribution in [0.3, 0.4) is 0 Å². The van der Waals surface area contributed by atoms with Crippen LogP contribution in [0.1, 0.15) is 12.6 Å². The van der Waals surface area contributed by atoms with Gasteiger partial charge in [0.05, 0.1) is 23.6 Å². The molecule has 0 aromatic carbocycles. The van der Waals surface area contributed by atoms with Crippen LogP contribution in [0.4, 0.5) is 0 Å². The first-order chi connectivity index (χ1) is 6.36. The third kappa shape index (κ3) is 2.24. The lowest BCUT2D eigenvalue weighted by atomic mass is 10.2. The molecule has 13 heavy (non-hydrogen) atoms. The monoisotopic (exact) mass is 198 g/mol. The number of rotatable bonds is 2. The molecule has 0 bridgehead atoms. The molecule has 0 saturated carbocycles. The van der Waals surface area contributed by atoms with Gasteiger partial charge in [0.1, 0.15) is 0 Å². The van der Waals surface area contributed by atoms with Crippen molar-refractivity contribution < 1.29 is 0 Å². The van der Waals surface area contributed by atoms with E-state index in [9.17, 15) is 0 Å². The van der Waals surface area contributed by atoms with Gasteiger partial charge in [0.25, 0.3) is 0 Å². The number of nitrogens with one attached hydrogen (secondary N) is 1. The highest BCUT2D eigenvalue weighted by Gasteiger charge is 2.18. The van der Waals surface area contributed by atoms with Gasteiger partial charge in [0.2, 0.25) is 0 Å². The Morgan fingerprint density at radius 1 is 1.77 bits per heavy atom. The second-order valence-corrected chi connectivity index (χ2v) is 3.98. The lowest BCUT2D eigenvalue weighted by molar-refractivity contribution is 0.164. The zero-order valence-electron chi connectivity index (χ0n) is 7.73. The first-order valence-electron chi connectivity index (χ1n) is 4.57. The van der Waals surface area contributed by atoms with Gasteiger partial charge in [-0.1, -0.05) is 0 Å². The van der Waals surface area contributed by atoms with Gasteiger partial charge in [0.15, 0.2) is 0 Å². The Hall–Kier alpha value is -0.520. The fraction of sp³-hybridized carbons (Fsp3) is 0.750. The summed E-state index contributed by atoms with van der Waals surface area (Å²) in [7, 11) is 0. The van der Waals surface area contributed by atoms with Crippen LogP contribution in [0.2, 0.25) is 0 Å². The lowest BCUT2D eigenvalue weighted by Gasteiger charge is -2.33. The van der Waals surface area contributed by atoms with E-state index in [0.717, 1.165) is 31.9 Å². The van der Waals surface area contributed by atoms with Crippen LogP contribution in [0.15, 0.2) is 6.20 Å². The van der Waals surface area contributed by atoms with Crippen LogP contribution in [0, 0.1) is 0 Å². The summed E-state index contributed by atoms with van der Waals surface area (Å²) in [5, 5.41) is 3.37. The Morgan fingerprint density at radius 2 is 2.69 bits per heavy atom. The van der Waals surface area contributed by atoms with Crippen molar-refractivity contribution in [3.63, 3.8) is 0 Å². The standard InChI is InChI=1S/C8H14N4S/c1-7-4-9-2-3-12(7)6-8-5-10-13-11-8/h5,7,9H,2-4,6H2,1H3. The minimum Gasteiger partial charge on any atom is -0.314 e. The van der Waals surface area contributed by atoms with Crippen molar-refractivity contribution in [2.24, 2.45) is 0 Å². The molecule has 1 aliphatic rings. The van der Waals surface area contributed by atoms with Crippen molar-refractivity contribution in [3.8, 4) is 0 Å². The summed E-state index contributed by atoms with van der Waals surface area (Å²) in [6.45, 7) is 6.46. The van der Waals surface area contributed by atoms with Crippen LogP contribution in [0.25, 0.3) is 0 Å². The normalized spacial score (nSPS) is 24.8. The smallest absolute Gasteiger partial charge is 0.0883 e. The maximum absolute atomic E-state index is 4.21. The summed E-state index contributed by atoms with van der Waals surface area (Å²) in [4.78, 5) is 2.44. The highest BCUT2D eigenvalue weighted by molar-refractivity contribution is 6.99. The summed E-state index contributed by atoms with van der Waals surface area (Å²) in [5.41, 5.74) is 1.10. The zero-order chi connectivity index (χ0) is 9.10. The van der Waals surface area contributed by atoms with Crippen molar-refractivity contribution in [1.82, 2.24) is 19.0 Å². The Bertz CT molecular complexity index is 249. The average Bonchev–Trinajstić information content (AvgIpc) is 2.61. The molecular weight excluding hydrogens is 184 g/mol. The molecule has 2 heterocycles. The van der Waals surface area contributed by atoms with Crippen LogP contribution in [0.5, 0.6) is 0 Å². The molecule has 1 aliphatic heterocycles. The molecule has 5 heteroatoms. The van der Waals surface area contributed by atoms with Gasteiger partial charge in [-0.05, 0) is 6.92 Å². The zero-order valence-corrected chi connectivity index (χ0v) is 8.55. The van der Waals surface area contributed by atoms with E-state index in [1.165, 1.54) is 11.7 Å². The topological polar surface area (TPSA) is 41.0 Å². The highest BCUT2D eigenvalue weighted by atomic mass is 32.1. The van der Waals surface area contributed by atoms with Crippen LogP contribution >= 0.6 is 11.7 Å². The van der Waals surface area contributed by atoms with Gasteiger partial charge in [-0.2, -0.15) is 8.75 Å². The number of piperazine rings is 1. The number of hydrogen-bond donors (Lipinski definition) is 1. The van der Waals surface area contributed by atoms with Crippen molar-refractivity contribution in [3.05, 3.63) is 11.9 Å². The Labute approximate surface area is 82.3 Å². The molecule has 0 aliphatic carbocycles. The van der Waals surface area contributed by atoms with E-state index in [0.29, 0.717) is 6.04 Å². The minimum atomic E-state index is 0.607. The molecule has 1 fully saturated rings. The summed E-state index contributed by atoms with van der Waals surface area (Å²) in [6.07, 6.45) is 1.86. The number of nitrogens with zero attached hydrogens (tertiary/aromatic N) is 3. The van der Waals surface area contributed by atoms with E-state index in [4.69, 9.17) is 0 Å². The van der Waals surface area contributed by atoms with Gasteiger partial charge in [0, 0.05) is 32.2 Å². The summed E-state index contributed by atoms with van der Waals surface area (Å²) >= 11 is 1.29. The molecule has 1 aromatic rings. The van der Waals surface area contributed by atoms with Crippen molar-refractivity contribution in [2.75, 3.05) is 19.6 Å². The molecule has 1 N–H and O–H groups in total. The molecule has 4 nitrogen and oxygen atoms in total. The summed E-state index contributed by atoms with van der Waals surface area (Å²) in [6, 6.07) is 0.607. The second-order valence-electron chi connectivity index (χ2n) is 3.42. The molecule has 0 radical (unpaired) electrons. The maximum atomic E-state index is 4.21. The number of aromatic nitrogens is 2. The lowest BCUT2D eigenvalue weighted by Crippen LogP contribution is -2.49. The van der Waals surface area contributed by atoms with E-state index in [-0.39, 0.29) is 0 Å². The first kappa shape index (κ1) is 9.05. The van der Waals surface area contributed by atoms with E-state index in [1.807, 2.05) is 6.20 Å². The van der Waals surface area contributed by atoms with Gasteiger partial charge in [-0.15, -0.1) is 0 Å². The highest BCUT2D eigenvalue weighted by Crippen LogP contribution is 2.07. The second kappa shape index (κ2) is 4.13. The SMILES string of the molecule is CC1CNCCN1Cc1cnsn1. The molecule has 1 unspecified atom stereocenters. The van der Waals surface area contributed by atoms with Crippen LogP contribution < -0.4 is 5.32 Å². The van der Waals surface area contributed by atoms with Gasteiger partial charge in [-0.25, -0.2) is 0 Å². The fourth-order valence-corrected chi connectivity index (χ4v) is 2.01. The predicted octanol–water partition coefficient (Wildman–Crippen LogP) is 0.332. The van der Waals surface area contributed by atoms with Crippen molar-refractivity contribution in [1.29, 1.82) is 0 Å². The quantitative estimate of drug-likeness (QED) is 0.743. The Morgan fingerprint density at radius 3 is 3.38 bits per heavy atom. The van der Waals surface area contributed by atoms with Gasteiger partial charge >= 0.3 is 0 Å². The molecule has 1 saturated heterocycles. The van der Waals surface area contributed by atoms with Gasteiger partial charge < -0.3 is 5.32 Å². The fourth-order valence-electron chi connectivity index (χ4n) is 1.58. The molecule has 2 rings (SSSR count). The maximum Gasteiger partial charge on any atom is 0.0883 e. The first-order valence-corrected chi connectivity index (χ1v) is 5.30. The Kier molecular flexibility index (Phi) is 2.87. The largest absolute Gasteiger partial charge is 0.314 e. The third-order valence-corrected chi connectivity index (χ3v) is 2.93. The molecule has 1 aromatic heterocycles. The third-order valence-electron chi connectivity index (χ3n) is 2.41. The van der Waals surface area contributed by atoms with E-state index < -0.39 is 0 Å². The molecule has 0 spiro atoms. The summed E-state index contributed by atoms with van der Waals surface area (Å²) in [5.74, 6) is 0. The van der Waals surface area contributed by atoms with Crippen molar-refractivity contribution in [2.45, 2.75) is 19.5 Å². The van der Waals surface area contributed by atoms with Crippen molar-refractivity contribution >= 4 is 11.7 Å². The van der Waals surface area contributed by atoms with E-state index in [2.05, 4.69) is 25.9 Å². The Balaban J connectivity index is 1.93. The number of hydrogen-bond acceptors (Lipinski definition) is 5. The van der Waals surface area contributed by atoms with Crippen LogP contribution in [-0.2, 0) is 6.54 Å². The van der Waals surface area contributed by atoms with E-state index in [1.54, 1.807) is 0 Å². The summed E-state index contributed by atoms with van der Waals surface area (Å²) < 4.78 is 8.21. The van der Waals surface area contributed by atoms with E-state index >= 15 is 0 Å².